The maximum atomic E-state index is 12.1. The molecule has 0 spiro atoms. The molecular weight excluding hydrogens is 306 g/mol. The van der Waals surface area contributed by atoms with Gasteiger partial charge in [0.2, 0.25) is 5.91 Å². The van der Waals surface area contributed by atoms with Gasteiger partial charge in [0.1, 0.15) is 11.5 Å². The van der Waals surface area contributed by atoms with Gasteiger partial charge in [-0.15, -0.1) is 0 Å². The summed E-state index contributed by atoms with van der Waals surface area (Å²) in [7, 11) is 3.11. The van der Waals surface area contributed by atoms with Gasteiger partial charge in [0.25, 0.3) is 0 Å². The number of methoxy groups -OCH3 is 2. The quantitative estimate of drug-likeness (QED) is 0.816. The van der Waals surface area contributed by atoms with Gasteiger partial charge in [-0.3, -0.25) is 4.79 Å². The van der Waals surface area contributed by atoms with Gasteiger partial charge < -0.3 is 19.9 Å². The van der Waals surface area contributed by atoms with E-state index in [9.17, 15) is 9.90 Å². The lowest BCUT2D eigenvalue weighted by Gasteiger charge is -2.16. The van der Waals surface area contributed by atoms with E-state index in [1.165, 1.54) is 7.11 Å². The van der Waals surface area contributed by atoms with Crippen molar-refractivity contribution in [1.82, 2.24) is 0 Å². The Hall–Kier alpha value is -2.53. The van der Waals surface area contributed by atoms with Crippen LogP contribution in [0, 0.1) is 6.92 Å². The summed E-state index contributed by atoms with van der Waals surface area (Å²) in [4.78, 5) is 12.1. The monoisotopic (exact) mass is 329 g/mol. The molecule has 0 fully saturated rings. The van der Waals surface area contributed by atoms with E-state index in [1.807, 2.05) is 31.2 Å². The maximum Gasteiger partial charge on any atom is 0.224 e. The molecule has 2 N–H and O–H groups in total. The van der Waals surface area contributed by atoms with Crippen molar-refractivity contribution in [3.05, 3.63) is 53.6 Å². The molecule has 5 heteroatoms. The number of aliphatic hydroxyl groups is 1. The number of ether oxygens (including phenoxy) is 2. The van der Waals surface area contributed by atoms with E-state index in [0.717, 1.165) is 11.3 Å². The first-order valence-electron chi connectivity index (χ1n) is 7.80. The number of hydrogen-bond donors (Lipinski definition) is 2. The van der Waals surface area contributed by atoms with Crippen molar-refractivity contribution in [3.63, 3.8) is 0 Å². The zero-order chi connectivity index (χ0) is 17.5. The lowest BCUT2D eigenvalue weighted by Crippen LogP contribution is -2.14. The van der Waals surface area contributed by atoms with Crippen molar-refractivity contribution in [2.75, 3.05) is 19.5 Å². The molecule has 0 bridgehead atoms. The van der Waals surface area contributed by atoms with Crippen molar-refractivity contribution in [2.24, 2.45) is 0 Å². The fraction of sp³-hybridized carbons (Fsp3) is 0.316. The van der Waals surface area contributed by atoms with Crippen LogP contribution in [0.2, 0.25) is 0 Å². The minimum Gasteiger partial charge on any atom is -0.497 e. The van der Waals surface area contributed by atoms with E-state index < -0.39 is 6.10 Å². The number of aliphatic hydroxyl groups excluding tert-OH is 1. The second-order valence-corrected chi connectivity index (χ2v) is 5.53. The molecule has 0 aliphatic rings. The molecule has 2 aromatic carbocycles. The van der Waals surface area contributed by atoms with Crippen LogP contribution in [0.5, 0.6) is 11.5 Å². The number of benzene rings is 2. The predicted molar refractivity (Wildman–Crippen MR) is 93.5 cm³/mol. The highest BCUT2D eigenvalue weighted by atomic mass is 16.5. The number of carbonyl (C=O) groups is 1. The second kappa shape index (κ2) is 8.36. The van der Waals surface area contributed by atoms with E-state index in [4.69, 9.17) is 9.47 Å². The average molecular weight is 329 g/mol. The highest BCUT2D eigenvalue weighted by Crippen LogP contribution is 2.31. The number of aryl methyl sites for hydroxylation is 1. The summed E-state index contributed by atoms with van der Waals surface area (Å²) >= 11 is 0. The highest BCUT2D eigenvalue weighted by Gasteiger charge is 2.16. The topological polar surface area (TPSA) is 67.8 Å². The normalized spacial score (nSPS) is 11.7. The van der Waals surface area contributed by atoms with Crippen LogP contribution in [0.4, 0.5) is 5.69 Å². The van der Waals surface area contributed by atoms with Gasteiger partial charge in [0.15, 0.2) is 0 Å². The number of nitrogens with one attached hydrogen (secondary N) is 1. The van der Waals surface area contributed by atoms with Crippen LogP contribution >= 0.6 is 0 Å². The number of para-hydroxylation sites is 1. The second-order valence-electron chi connectivity index (χ2n) is 5.53. The summed E-state index contributed by atoms with van der Waals surface area (Å²) in [5, 5.41) is 13.2. The van der Waals surface area contributed by atoms with Crippen molar-refractivity contribution in [1.29, 1.82) is 0 Å². The lowest BCUT2D eigenvalue weighted by atomic mass is 10.0. The Bertz CT molecular complexity index is 700. The van der Waals surface area contributed by atoms with Crippen LogP contribution in [0.25, 0.3) is 0 Å². The first-order valence-corrected chi connectivity index (χ1v) is 7.80. The molecule has 128 valence electrons. The summed E-state index contributed by atoms with van der Waals surface area (Å²) in [6, 6.07) is 12.8. The van der Waals surface area contributed by atoms with Gasteiger partial charge in [-0.05, 0) is 37.1 Å². The van der Waals surface area contributed by atoms with Gasteiger partial charge in [-0.1, -0.05) is 18.2 Å². The number of rotatable bonds is 7. The van der Waals surface area contributed by atoms with E-state index in [0.29, 0.717) is 23.5 Å². The minimum atomic E-state index is -0.784. The molecule has 0 radical (unpaired) electrons. The zero-order valence-electron chi connectivity index (χ0n) is 14.2. The number of amides is 1. The molecule has 2 aromatic rings. The highest BCUT2D eigenvalue weighted by molar-refractivity contribution is 5.91. The smallest absolute Gasteiger partial charge is 0.224 e. The molecule has 5 nitrogen and oxygen atoms in total. The Kier molecular flexibility index (Phi) is 6.21. The third-order valence-corrected chi connectivity index (χ3v) is 3.86. The van der Waals surface area contributed by atoms with Crippen LogP contribution in [0.15, 0.2) is 42.5 Å². The molecule has 1 unspecified atom stereocenters. The third kappa shape index (κ3) is 4.49. The van der Waals surface area contributed by atoms with E-state index >= 15 is 0 Å². The van der Waals surface area contributed by atoms with Crippen LogP contribution in [-0.4, -0.2) is 25.2 Å². The van der Waals surface area contributed by atoms with Gasteiger partial charge in [-0.25, -0.2) is 0 Å². The molecular formula is C19H23NO4. The molecule has 1 atom stereocenters. The van der Waals surface area contributed by atoms with E-state index in [1.54, 1.807) is 25.3 Å². The van der Waals surface area contributed by atoms with Gasteiger partial charge in [0.05, 0.1) is 20.3 Å². The summed E-state index contributed by atoms with van der Waals surface area (Å²) < 4.78 is 10.4. The fourth-order valence-electron chi connectivity index (χ4n) is 2.44. The number of carbonyl (C=O) groups excluding carboxylic acids is 1. The fourth-order valence-corrected chi connectivity index (χ4v) is 2.44. The lowest BCUT2D eigenvalue weighted by molar-refractivity contribution is -0.116. The van der Waals surface area contributed by atoms with Gasteiger partial charge in [0, 0.05) is 23.7 Å². The van der Waals surface area contributed by atoms with Crippen molar-refractivity contribution >= 4 is 11.6 Å². The Morgan fingerprint density at radius 3 is 2.58 bits per heavy atom. The molecule has 0 aliphatic carbocycles. The minimum absolute atomic E-state index is 0.129. The summed E-state index contributed by atoms with van der Waals surface area (Å²) in [6.07, 6.45) is -0.265. The Morgan fingerprint density at radius 2 is 1.92 bits per heavy atom. The molecule has 1 amide bonds. The molecule has 0 saturated carbocycles. The molecule has 0 aromatic heterocycles. The van der Waals surface area contributed by atoms with Crippen molar-refractivity contribution < 1.29 is 19.4 Å². The van der Waals surface area contributed by atoms with E-state index in [2.05, 4.69) is 5.32 Å². The predicted octanol–water partition coefficient (Wildman–Crippen LogP) is 3.46. The van der Waals surface area contributed by atoms with Crippen molar-refractivity contribution in [3.8, 4) is 11.5 Å². The molecule has 2 rings (SSSR count). The number of anilines is 1. The Labute approximate surface area is 142 Å². The Balaban J connectivity index is 1.96. The SMILES string of the molecule is COc1ccc(C(O)CCC(=O)Nc2ccccc2C)c(OC)c1. The molecule has 0 aliphatic heterocycles. The van der Waals surface area contributed by atoms with E-state index in [-0.39, 0.29) is 12.3 Å². The largest absolute Gasteiger partial charge is 0.497 e. The number of hydrogen-bond acceptors (Lipinski definition) is 4. The molecule has 24 heavy (non-hydrogen) atoms. The Morgan fingerprint density at radius 1 is 1.17 bits per heavy atom. The maximum absolute atomic E-state index is 12.1. The zero-order valence-corrected chi connectivity index (χ0v) is 14.2. The summed E-state index contributed by atoms with van der Waals surface area (Å²) in [5.74, 6) is 1.07. The van der Waals surface area contributed by atoms with Gasteiger partial charge >= 0.3 is 0 Å². The molecule has 0 heterocycles. The van der Waals surface area contributed by atoms with Crippen LogP contribution in [0.1, 0.15) is 30.1 Å². The van der Waals surface area contributed by atoms with Crippen LogP contribution < -0.4 is 14.8 Å². The van der Waals surface area contributed by atoms with Crippen molar-refractivity contribution in [2.45, 2.75) is 25.9 Å². The average Bonchev–Trinajstić information content (AvgIpc) is 2.61. The van der Waals surface area contributed by atoms with Crippen LogP contribution in [-0.2, 0) is 4.79 Å². The first-order chi connectivity index (χ1) is 11.5. The summed E-state index contributed by atoms with van der Waals surface area (Å²) in [5.41, 5.74) is 2.43. The van der Waals surface area contributed by atoms with Crippen LogP contribution in [0.3, 0.4) is 0 Å². The third-order valence-electron chi connectivity index (χ3n) is 3.86. The van der Waals surface area contributed by atoms with Gasteiger partial charge in [-0.2, -0.15) is 0 Å². The standard InChI is InChI=1S/C19H23NO4/c1-13-6-4-5-7-16(13)20-19(22)11-10-17(21)15-9-8-14(23-2)12-18(15)24-3/h4-9,12,17,21H,10-11H2,1-3H3,(H,20,22). The first kappa shape index (κ1) is 17.8. The summed E-state index contributed by atoms with van der Waals surface area (Å²) in [6.45, 7) is 1.94. The molecule has 0 saturated heterocycles.